The molecule has 13 heteroatoms. The lowest BCUT2D eigenvalue weighted by atomic mass is 10.1. The number of hydrogen-bond donors (Lipinski definition) is 2. The molecule has 0 bridgehead atoms. The Balaban J connectivity index is 1.30. The lowest BCUT2D eigenvalue weighted by Gasteiger charge is -2.33. The number of anilines is 2. The molecule has 4 aromatic rings. The number of aryl methyl sites for hydroxylation is 1. The molecule has 0 saturated carbocycles. The molecule has 1 aliphatic rings. The number of benzene rings is 2. The topological polar surface area (TPSA) is 155 Å². The summed E-state index contributed by atoms with van der Waals surface area (Å²) in [4.78, 5) is 49.4. The van der Waals surface area contributed by atoms with E-state index in [0.717, 1.165) is 0 Å². The van der Waals surface area contributed by atoms with Crippen LogP contribution in [0, 0.1) is 12.7 Å². The molecule has 0 aliphatic carbocycles. The number of hydrogen-bond acceptors (Lipinski definition) is 9. The summed E-state index contributed by atoms with van der Waals surface area (Å²) in [5.41, 5.74) is 7.25. The number of esters is 1. The van der Waals surface area contributed by atoms with Crippen molar-refractivity contribution in [2.75, 3.05) is 24.1 Å². The standard InChI is InChI=1S/C33H36FN7O5/c1-20-16-23(10-11-25(20)34)38-30(42)28(21-8-6-5-7-9-21)45-31(43)27-29(35)36-18-26(39-27)22-17-37-41(19-22)24-12-14-40(15-13-24)32(44)46-33(2,3)4/h5-11,16-19,24,28H,12-15H2,1-4H3,(H2,35,36)(H,38,42)/t28-/m1/s1. The summed E-state index contributed by atoms with van der Waals surface area (Å²) in [5.74, 6) is -2.18. The van der Waals surface area contributed by atoms with Crippen molar-refractivity contribution in [3.05, 3.63) is 89.8 Å². The number of nitrogens with one attached hydrogen (secondary N) is 1. The monoisotopic (exact) mass is 629 g/mol. The van der Waals surface area contributed by atoms with Crippen molar-refractivity contribution in [3.63, 3.8) is 0 Å². The average molecular weight is 630 g/mol. The summed E-state index contributed by atoms with van der Waals surface area (Å²) in [6.45, 7) is 8.15. The summed E-state index contributed by atoms with van der Waals surface area (Å²) in [6.07, 6.45) is 4.52. The van der Waals surface area contributed by atoms with Gasteiger partial charge < -0.3 is 25.4 Å². The maximum absolute atomic E-state index is 13.8. The Hall–Kier alpha value is -5.33. The number of amides is 2. The van der Waals surface area contributed by atoms with E-state index >= 15 is 0 Å². The highest BCUT2D eigenvalue weighted by molar-refractivity contribution is 5.99. The highest BCUT2D eigenvalue weighted by atomic mass is 19.1. The zero-order valence-electron chi connectivity index (χ0n) is 26.1. The summed E-state index contributed by atoms with van der Waals surface area (Å²) in [7, 11) is 0. The molecule has 240 valence electrons. The second kappa shape index (κ2) is 13.3. The Morgan fingerprint density at radius 2 is 1.78 bits per heavy atom. The molecule has 2 aromatic heterocycles. The Bertz CT molecular complexity index is 1730. The van der Waals surface area contributed by atoms with Gasteiger partial charge in [0.2, 0.25) is 6.10 Å². The minimum atomic E-state index is -1.36. The van der Waals surface area contributed by atoms with Gasteiger partial charge in [0, 0.05) is 36.1 Å². The number of aromatic nitrogens is 4. The van der Waals surface area contributed by atoms with E-state index in [2.05, 4.69) is 20.4 Å². The second-order valence-electron chi connectivity index (χ2n) is 12.0. The molecular formula is C33H36FN7O5. The van der Waals surface area contributed by atoms with Gasteiger partial charge in [0.15, 0.2) is 11.5 Å². The molecule has 2 aromatic carbocycles. The first-order valence-corrected chi connectivity index (χ1v) is 14.9. The van der Waals surface area contributed by atoms with Crippen LogP contribution in [0.25, 0.3) is 11.3 Å². The Labute approximate surface area is 265 Å². The van der Waals surface area contributed by atoms with Crippen molar-refractivity contribution in [1.82, 2.24) is 24.6 Å². The second-order valence-corrected chi connectivity index (χ2v) is 12.0. The van der Waals surface area contributed by atoms with Gasteiger partial charge in [0.1, 0.15) is 11.4 Å². The summed E-state index contributed by atoms with van der Waals surface area (Å²) >= 11 is 0. The van der Waals surface area contributed by atoms with Crippen molar-refractivity contribution in [2.24, 2.45) is 0 Å². The molecule has 1 saturated heterocycles. The van der Waals surface area contributed by atoms with Crippen molar-refractivity contribution in [1.29, 1.82) is 0 Å². The molecule has 1 atom stereocenters. The van der Waals surface area contributed by atoms with Crippen LogP contribution in [-0.4, -0.2) is 61.3 Å². The molecule has 3 N–H and O–H groups in total. The number of piperidine rings is 1. The zero-order chi connectivity index (χ0) is 33.0. The molecule has 3 heterocycles. The number of likely N-dealkylation sites (tertiary alicyclic amines) is 1. The maximum atomic E-state index is 13.8. The molecule has 46 heavy (non-hydrogen) atoms. The molecule has 1 aliphatic heterocycles. The van der Waals surface area contributed by atoms with Crippen LogP contribution in [0.3, 0.4) is 0 Å². The quantitative estimate of drug-likeness (QED) is 0.253. The lowest BCUT2D eigenvalue weighted by molar-refractivity contribution is -0.125. The van der Waals surface area contributed by atoms with Gasteiger partial charge in [-0.05, 0) is 64.3 Å². The third kappa shape index (κ3) is 7.65. The van der Waals surface area contributed by atoms with Gasteiger partial charge in [-0.2, -0.15) is 5.10 Å². The highest BCUT2D eigenvalue weighted by Crippen LogP contribution is 2.28. The molecular weight excluding hydrogens is 593 g/mol. The molecule has 0 spiro atoms. The van der Waals surface area contributed by atoms with E-state index in [9.17, 15) is 18.8 Å². The number of carbonyl (C=O) groups is 3. The molecule has 0 unspecified atom stereocenters. The third-order valence-corrected chi connectivity index (χ3v) is 7.37. The number of rotatable bonds is 7. The summed E-state index contributed by atoms with van der Waals surface area (Å²) < 4.78 is 26.7. The average Bonchev–Trinajstić information content (AvgIpc) is 3.52. The predicted octanol–water partition coefficient (Wildman–Crippen LogP) is 5.48. The van der Waals surface area contributed by atoms with E-state index in [4.69, 9.17) is 15.2 Å². The molecule has 12 nitrogen and oxygen atoms in total. The fourth-order valence-electron chi connectivity index (χ4n) is 4.99. The Morgan fingerprint density at radius 1 is 1.07 bits per heavy atom. The van der Waals surface area contributed by atoms with Gasteiger partial charge >= 0.3 is 12.1 Å². The molecule has 1 fully saturated rings. The van der Waals surface area contributed by atoms with E-state index < -0.39 is 29.4 Å². The number of nitrogens with zero attached hydrogens (tertiary/aromatic N) is 5. The van der Waals surface area contributed by atoms with Gasteiger partial charge in [-0.15, -0.1) is 0 Å². The van der Waals surface area contributed by atoms with Crippen LogP contribution >= 0.6 is 0 Å². The van der Waals surface area contributed by atoms with Crippen molar-refractivity contribution in [3.8, 4) is 11.3 Å². The first kappa shape index (κ1) is 32.1. The first-order valence-electron chi connectivity index (χ1n) is 14.9. The van der Waals surface area contributed by atoms with Crippen molar-refractivity contribution in [2.45, 2.75) is 58.3 Å². The normalized spacial score (nSPS) is 14.4. The number of nitrogen functional groups attached to an aromatic ring is 1. The number of carbonyl (C=O) groups excluding carboxylic acids is 3. The fraction of sp³-hybridized carbons (Fsp3) is 0.333. The van der Waals surface area contributed by atoms with Gasteiger partial charge in [0.25, 0.3) is 5.91 Å². The van der Waals surface area contributed by atoms with Gasteiger partial charge in [-0.25, -0.2) is 23.9 Å². The number of halogens is 1. The Morgan fingerprint density at radius 3 is 2.46 bits per heavy atom. The van der Waals surface area contributed by atoms with E-state index in [0.29, 0.717) is 54.0 Å². The van der Waals surface area contributed by atoms with E-state index in [1.165, 1.54) is 24.4 Å². The van der Waals surface area contributed by atoms with Crippen LogP contribution in [0.5, 0.6) is 0 Å². The van der Waals surface area contributed by atoms with Gasteiger partial charge in [-0.3, -0.25) is 9.48 Å². The van der Waals surface area contributed by atoms with Crippen LogP contribution in [0.2, 0.25) is 0 Å². The maximum Gasteiger partial charge on any atom is 0.410 e. The number of nitrogens with two attached hydrogens (primary N) is 1. The van der Waals surface area contributed by atoms with E-state index in [-0.39, 0.29) is 23.6 Å². The minimum Gasteiger partial charge on any atom is -0.444 e. The molecule has 2 amide bonds. The molecule has 0 radical (unpaired) electrons. The summed E-state index contributed by atoms with van der Waals surface area (Å²) in [6, 6.07) is 12.7. The van der Waals surface area contributed by atoms with E-state index in [1.807, 2.05) is 25.5 Å². The SMILES string of the molecule is Cc1cc(NC(=O)[C@H](OC(=O)c2nc(-c3cnn(C4CCN(C(=O)OC(C)(C)C)CC4)c3)cnc2N)c2ccccc2)ccc1F. The van der Waals surface area contributed by atoms with E-state index in [1.54, 1.807) is 54.5 Å². The van der Waals surface area contributed by atoms with Gasteiger partial charge in [0.05, 0.1) is 24.1 Å². The zero-order valence-corrected chi connectivity index (χ0v) is 26.1. The minimum absolute atomic E-state index is 0.0497. The van der Waals surface area contributed by atoms with Crippen LogP contribution in [-0.2, 0) is 14.3 Å². The van der Waals surface area contributed by atoms with Crippen molar-refractivity contribution < 1.29 is 28.2 Å². The first-order chi connectivity index (χ1) is 21.9. The van der Waals surface area contributed by atoms with Crippen molar-refractivity contribution >= 4 is 29.5 Å². The highest BCUT2D eigenvalue weighted by Gasteiger charge is 2.30. The third-order valence-electron chi connectivity index (χ3n) is 7.37. The van der Waals surface area contributed by atoms with Crippen LogP contribution in [0.1, 0.15) is 67.4 Å². The van der Waals surface area contributed by atoms with Crippen LogP contribution < -0.4 is 11.1 Å². The fourth-order valence-corrected chi connectivity index (χ4v) is 4.99. The van der Waals surface area contributed by atoms with Gasteiger partial charge in [-0.1, -0.05) is 30.3 Å². The predicted molar refractivity (Wildman–Crippen MR) is 168 cm³/mol. The molecule has 5 rings (SSSR count). The van der Waals surface area contributed by atoms with Crippen LogP contribution in [0.4, 0.5) is 20.7 Å². The largest absolute Gasteiger partial charge is 0.444 e. The van der Waals surface area contributed by atoms with Crippen LogP contribution in [0.15, 0.2) is 67.1 Å². The smallest absolute Gasteiger partial charge is 0.410 e. The lowest BCUT2D eigenvalue weighted by Crippen LogP contribution is -2.42. The number of ether oxygens (including phenoxy) is 2. The Kier molecular flexibility index (Phi) is 9.31. The summed E-state index contributed by atoms with van der Waals surface area (Å²) in [5, 5.41) is 7.18.